The highest BCUT2D eigenvalue weighted by Gasteiger charge is 2.16. The molecule has 1 aliphatic heterocycles. The van der Waals surface area contributed by atoms with Crippen LogP contribution in [0, 0.1) is 5.92 Å². The quantitative estimate of drug-likeness (QED) is 0.611. The van der Waals surface area contributed by atoms with Gasteiger partial charge in [-0.05, 0) is 42.7 Å². The molecule has 0 fully saturated rings. The van der Waals surface area contributed by atoms with Crippen molar-refractivity contribution in [2.75, 3.05) is 0 Å². The maximum absolute atomic E-state index is 11.9. The smallest absolute Gasteiger partial charge is 0.314 e. The van der Waals surface area contributed by atoms with Crippen molar-refractivity contribution in [1.82, 2.24) is 0 Å². The SMILES string of the molecule is CCC(C)C(=O)Oc1cccc(C2=CCc3ccccc3O2)c1. The lowest BCUT2D eigenvalue weighted by Gasteiger charge is -2.18. The van der Waals surface area contributed by atoms with Crippen LogP contribution in [-0.2, 0) is 11.2 Å². The monoisotopic (exact) mass is 308 g/mol. The molecule has 0 spiro atoms. The van der Waals surface area contributed by atoms with Crippen LogP contribution < -0.4 is 9.47 Å². The van der Waals surface area contributed by atoms with Gasteiger partial charge in [0.25, 0.3) is 0 Å². The summed E-state index contributed by atoms with van der Waals surface area (Å²) in [4.78, 5) is 11.9. The lowest BCUT2D eigenvalue weighted by atomic mass is 10.0. The van der Waals surface area contributed by atoms with E-state index in [4.69, 9.17) is 9.47 Å². The van der Waals surface area contributed by atoms with E-state index in [9.17, 15) is 4.79 Å². The molecule has 0 radical (unpaired) electrons. The van der Waals surface area contributed by atoms with E-state index in [1.165, 1.54) is 5.56 Å². The molecule has 3 rings (SSSR count). The molecule has 0 amide bonds. The third-order valence-corrected chi connectivity index (χ3v) is 4.05. The van der Waals surface area contributed by atoms with Gasteiger partial charge in [-0.1, -0.05) is 44.2 Å². The van der Waals surface area contributed by atoms with Gasteiger partial charge in [0.15, 0.2) is 0 Å². The zero-order valence-electron chi connectivity index (χ0n) is 13.4. The zero-order valence-corrected chi connectivity index (χ0v) is 13.4. The van der Waals surface area contributed by atoms with Gasteiger partial charge in [-0.2, -0.15) is 0 Å². The summed E-state index contributed by atoms with van der Waals surface area (Å²) in [7, 11) is 0. The van der Waals surface area contributed by atoms with Gasteiger partial charge >= 0.3 is 5.97 Å². The summed E-state index contributed by atoms with van der Waals surface area (Å²) in [5.74, 6) is 1.93. The molecule has 1 unspecified atom stereocenters. The Morgan fingerprint density at radius 2 is 2.04 bits per heavy atom. The molecule has 1 aliphatic rings. The van der Waals surface area contributed by atoms with Gasteiger partial charge < -0.3 is 9.47 Å². The predicted molar refractivity (Wildman–Crippen MR) is 90.3 cm³/mol. The number of esters is 1. The average Bonchev–Trinajstić information content (AvgIpc) is 2.60. The van der Waals surface area contributed by atoms with Crippen LogP contribution in [0.2, 0.25) is 0 Å². The van der Waals surface area contributed by atoms with Crippen LogP contribution in [0.4, 0.5) is 0 Å². The molecule has 1 heterocycles. The van der Waals surface area contributed by atoms with E-state index in [0.717, 1.165) is 29.9 Å². The van der Waals surface area contributed by atoms with Crippen LogP contribution in [0.25, 0.3) is 5.76 Å². The first-order valence-electron chi connectivity index (χ1n) is 7.95. The Hall–Kier alpha value is -2.55. The summed E-state index contributed by atoms with van der Waals surface area (Å²) >= 11 is 0. The molecule has 0 saturated heterocycles. The highest BCUT2D eigenvalue weighted by atomic mass is 16.5. The summed E-state index contributed by atoms with van der Waals surface area (Å²) < 4.78 is 11.4. The van der Waals surface area contributed by atoms with Crippen molar-refractivity contribution < 1.29 is 14.3 Å². The Balaban J connectivity index is 1.78. The van der Waals surface area contributed by atoms with Crippen molar-refractivity contribution in [3.05, 3.63) is 65.7 Å². The number of para-hydroxylation sites is 1. The number of allylic oxidation sites excluding steroid dienone is 1. The average molecular weight is 308 g/mol. The van der Waals surface area contributed by atoms with Crippen molar-refractivity contribution in [2.45, 2.75) is 26.7 Å². The third kappa shape index (κ3) is 3.45. The van der Waals surface area contributed by atoms with E-state index in [1.54, 1.807) is 6.07 Å². The molecule has 3 heteroatoms. The highest BCUT2D eigenvalue weighted by Crippen LogP contribution is 2.31. The Labute approximate surface area is 136 Å². The number of hydrogen-bond acceptors (Lipinski definition) is 3. The normalized spacial score (nSPS) is 14.3. The number of fused-ring (bicyclic) bond motifs is 1. The molecular weight excluding hydrogens is 288 g/mol. The standard InChI is InChI=1S/C20H20O3/c1-3-14(2)20(21)22-17-9-6-8-16(13-17)19-12-11-15-7-4-5-10-18(15)23-19/h4-10,12-14H,3,11H2,1-2H3. The van der Waals surface area contributed by atoms with E-state index in [2.05, 4.69) is 12.1 Å². The molecular formula is C20H20O3. The second-order valence-corrected chi connectivity index (χ2v) is 5.74. The highest BCUT2D eigenvalue weighted by molar-refractivity contribution is 5.75. The molecule has 0 bridgehead atoms. The number of rotatable bonds is 4. The molecule has 0 aliphatic carbocycles. The van der Waals surface area contributed by atoms with E-state index in [0.29, 0.717) is 5.75 Å². The van der Waals surface area contributed by atoms with Gasteiger partial charge in [-0.15, -0.1) is 0 Å². The fourth-order valence-corrected chi connectivity index (χ4v) is 2.41. The van der Waals surface area contributed by atoms with Crippen LogP contribution in [-0.4, -0.2) is 5.97 Å². The molecule has 0 N–H and O–H groups in total. The van der Waals surface area contributed by atoms with Crippen molar-refractivity contribution in [3.8, 4) is 11.5 Å². The van der Waals surface area contributed by atoms with Crippen LogP contribution >= 0.6 is 0 Å². The number of benzene rings is 2. The Bertz CT molecular complexity index is 746. The molecule has 2 aromatic carbocycles. The molecule has 1 atom stereocenters. The van der Waals surface area contributed by atoms with Crippen molar-refractivity contribution in [1.29, 1.82) is 0 Å². The molecule has 3 nitrogen and oxygen atoms in total. The van der Waals surface area contributed by atoms with E-state index < -0.39 is 0 Å². The summed E-state index contributed by atoms with van der Waals surface area (Å²) in [5, 5.41) is 0. The van der Waals surface area contributed by atoms with Gasteiger partial charge in [0.05, 0.1) is 5.92 Å². The summed E-state index contributed by atoms with van der Waals surface area (Å²) in [5.41, 5.74) is 2.09. The third-order valence-electron chi connectivity index (χ3n) is 4.05. The van der Waals surface area contributed by atoms with Crippen molar-refractivity contribution in [2.24, 2.45) is 5.92 Å². The fraction of sp³-hybridized carbons (Fsp3) is 0.250. The van der Waals surface area contributed by atoms with Gasteiger partial charge in [0.1, 0.15) is 17.3 Å². The van der Waals surface area contributed by atoms with Crippen molar-refractivity contribution >= 4 is 11.7 Å². The summed E-state index contributed by atoms with van der Waals surface area (Å²) in [6, 6.07) is 15.5. The minimum atomic E-state index is -0.200. The number of ether oxygens (including phenoxy) is 2. The predicted octanol–water partition coefficient (Wildman–Crippen LogP) is 4.61. The minimum Gasteiger partial charge on any atom is -0.457 e. The summed E-state index contributed by atoms with van der Waals surface area (Å²) in [6.45, 7) is 3.84. The summed E-state index contributed by atoms with van der Waals surface area (Å²) in [6.07, 6.45) is 3.66. The van der Waals surface area contributed by atoms with Crippen LogP contribution in [0.3, 0.4) is 0 Å². The lowest BCUT2D eigenvalue weighted by molar-refractivity contribution is -0.138. The molecule has 0 saturated carbocycles. The Morgan fingerprint density at radius 3 is 2.87 bits per heavy atom. The number of carbonyl (C=O) groups excluding carboxylic acids is 1. The second-order valence-electron chi connectivity index (χ2n) is 5.74. The van der Waals surface area contributed by atoms with Gasteiger partial charge in [0, 0.05) is 5.56 Å². The van der Waals surface area contributed by atoms with Crippen molar-refractivity contribution in [3.63, 3.8) is 0 Å². The van der Waals surface area contributed by atoms with E-state index in [-0.39, 0.29) is 11.9 Å². The molecule has 2 aromatic rings. The van der Waals surface area contributed by atoms with Crippen LogP contribution in [0.1, 0.15) is 31.4 Å². The first-order valence-corrected chi connectivity index (χ1v) is 7.95. The Morgan fingerprint density at radius 1 is 1.22 bits per heavy atom. The molecule has 0 aromatic heterocycles. The Kier molecular flexibility index (Phi) is 4.47. The van der Waals surface area contributed by atoms with Crippen LogP contribution in [0.5, 0.6) is 11.5 Å². The minimum absolute atomic E-state index is 0.101. The van der Waals surface area contributed by atoms with Gasteiger partial charge in [-0.3, -0.25) is 4.79 Å². The van der Waals surface area contributed by atoms with Gasteiger partial charge in [-0.25, -0.2) is 0 Å². The number of carbonyl (C=O) groups is 1. The zero-order chi connectivity index (χ0) is 16.2. The maximum atomic E-state index is 11.9. The fourth-order valence-electron chi connectivity index (χ4n) is 2.41. The first-order chi connectivity index (χ1) is 11.2. The van der Waals surface area contributed by atoms with E-state index in [1.807, 2.05) is 50.2 Å². The topological polar surface area (TPSA) is 35.5 Å². The number of hydrogen-bond donors (Lipinski definition) is 0. The first kappa shape index (κ1) is 15.3. The lowest BCUT2D eigenvalue weighted by Crippen LogP contribution is -2.17. The molecule has 118 valence electrons. The largest absolute Gasteiger partial charge is 0.457 e. The van der Waals surface area contributed by atoms with E-state index >= 15 is 0 Å². The molecule has 23 heavy (non-hydrogen) atoms. The van der Waals surface area contributed by atoms with Gasteiger partial charge in [0.2, 0.25) is 0 Å². The van der Waals surface area contributed by atoms with Crippen LogP contribution in [0.15, 0.2) is 54.6 Å². The maximum Gasteiger partial charge on any atom is 0.314 e. The second kappa shape index (κ2) is 6.69.